The van der Waals surface area contributed by atoms with Gasteiger partial charge in [0.25, 0.3) is 5.91 Å². The van der Waals surface area contributed by atoms with Crippen molar-refractivity contribution in [1.82, 2.24) is 14.0 Å². The molecule has 9 heteroatoms. The molecule has 4 rings (SSSR count). The van der Waals surface area contributed by atoms with E-state index in [4.69, 9.17) is 10.7 Å². The van der Waals surface area contributed by atoms with Crippen LogP contribution in [0.1, 0.15) is 55.1 Å². The Labute approximate surface area is 202 Å². The number of pyridine rings is 1. The number of carbonyl (C=O) groups excluding carboxylic acids is 1. The number of amides is 1. The minimum absolute atomic E-state index is 0.204. The van der Waals surface area contributed by atoms with Gasteiger partial charge in [0.1, 0.15) is 5.82 Å². The largest absolute Gasteiger partial charge is 0.351 e. The Bertz CT molecular complexity index is 1210. The number of hydrogen-bond donors (Lipinski definition) is 2. The number of aromatic nitrogens is 1. The van der Waals surface area contributed by atoms with E-state index >= 15 is 0 Å². The second-order valence-electron chi connectivity index (χ2n) is 10.2. The lowest BCUT2D eigenvalue weighted by Gasteiger charge is -2.36. The van der Waals surface area contributed by atoms with Gasteiger partial charge in [0.2, 0.25) is 0 Å². The first-order valence-corrected chi connectivity index (χ1v) is 13.3. The zero-order chi connectivity index (χ0) is 24.8. The molecule has 1 unspecified atom stereocenters. The lowest BCUT2D eigenvalue weighted by molar-refractivity contribution is 0.0979. The summed E-state index contributed by atoms with van der Waals surface area (Å²) in [6, 6.07) is 9.42. The second kappa shape index (κ2) is 8.94. The van der Waals surface area contributed by atoms with E-state index in [-0.39, 0.29) is 23.7 Å². The number of hydrogen-bond acceptors (Lipinski definition) is 6. The quantitative estimate of drug-likeness (QED) is 0.674. The van der Waals surface area contributed by atoms with Crippen molar-refractivity contribution in [2.75, 3.05) is 24.5 Å². The van der Waals surface area contributed by atoms with Crippen LogP contribution in [-0.4, -0.2) is 54.8 Å². The van der Waals surface area contributed by atoms with Gasteiger partial charge in [-0.15, -0.1) is 0 Å². The van der Waals surface area contributed by atoms with Crippen molar-refractivity contribution in [3.05, 3.63) is 47.0 Å². The maximum absolute atomic E-state index is 13.3. The minimum Gasteiger partial charge on any atom is -0.351 e. The van der Waals surface area contributed by atoms with E-state index in [2.05, 4.69) is 56.4 Å². The van der Waals surface area contributed by atoms with E-state index in [0.29, 0.717) is 24.7 Å². The third kappa shape index (κ3) is 4.56. The molecule has 0 bridgehead atoms. The van der Waals surface area contributed by atoms with Gasteiger partial charge in [-0.2, -0.15) is 12.7 Å². The third-order valence-corrected chi connectivity index (χ3v) is 9.07. The van der Waals surface area contributed by atoms with Gasteiger partial charge >= 0.3 is 10.2 Å². The van der Waals surface area contributed by atoms with Gasteiger partial charge in [0, 0.05) is 36.8 Å². The van der Waals surface area contributed by atoms with Gasteiger partial charge in [-0.05, 0) is 75.8 Å². The van der Waals surface area contributed by atoms with E-state index in [1.54, 1.807) is 12.1 Å². The van der Waals surface area contributed by atoms with Crippen LogP contribution >= 0.6 is 0 Å². The Kier molecular flexibility index (Phi) is 6.48. The first kappa shape index (κ1) is 24.6. The average molecular weight is 486 g/mol. The molecule has 0 saturated carbocycles. The van der Waals surface area contributed by atoms with E-state index < -0.39 is 16.1 Å². The van der Waals surface area contributed by atoms with Gasteiger partial charge in [0.05, 0.1) is 11.3 Å². The summed E-state index contributed by atoms with van der Waals surface area (Å²) < 4.78 is 29.2. The smallest absolute Gasteiger partial charge is 0.304 e. The van der Waals surface area contributed by atoms with Gasteiger partial charge in [-0.25, -0.2) is 9.71 Å². The number of nitrogens with zero attached hydrogens (tertiary/aromatic N) is 3. The molecule has 2 saturated heterocycles. The van der Waals surface area contributed by atoms with Crippen molar-refractivity contribution in [2.24, 2.45) is 11.7 Å². The summed E-state index contributed by atoms with van der Waals surface area (Å²) in [7, 11) is -3.99. The van der Waals surface area contributed by atoms with Crippen molar-refractivity contribution in [2.45, 2.75) is 59.0 Å². The molecule has 2 aliphatic rings. The lowest BCUT2D eigenvalue weighted by atomic mass is 9.90. The van der Waals surface area contributed by atoms with Crippen LogP contribution in [0.4, 0.5) is 5.82 Å². The number of rotatable bonds is 5. The van der Waals surface area contributed by atoms with Crippen LogP contribution in [0.25, 0.3) is 11.3 Å². The molecule has 2 atom stereocenters. The van der Waals surface area contributed by atoms with Crippen molar-refractivity contribution < 1.29 is 13.2 Å². The molecule has 34 heavy (non-hydrogen) atoms. The molecule has 2 aromatic rings. The number of anilines is 1. The summed E-state index contributed by atoms with van der Waals surface area (Å²) in [6.07, 6.45) is 1.54. The average Bonchev–Trinajstić information content (AvgIpc) is 3.32. The molecule has 2 fully saturated rings. The van der Waals surface area contributed by atoms with Crippen LogP contribution in [-0.2, 0) is 10.2 Å². The summed E-state index contributed by atoms with van der Waals surface area (Å²) in [5, 5.41) is 0. The molecule has 2 aliphatic heterocycles. The van der Waals surface area contributed by atoms with Gasteiger partial charge in [0.15, 0.2) is 0 Å². The summed E-state index contributed by atoms with van der Waals surface area (Å²) in [5.41, 5.74) is 9.95. The Hall–Kier alpha value is -2.49. The van der Waals surface area contributed by atoms with Crippen molar-refractivity contribution >= 4 is 21.9 Å². The molecule has 3 heterocycles. The zero-order valence-corrected chi connectivity index (χ0v) is 21.4. The molecule has 184 valence electrons. The number of benzene rings is 1. The summed E-state index contributed by atoms with van der Waals surface area (Å²) in [6.45, 7) is 11.8. The molecular formula is C25H35N5O3S. The monoisotopic (exact) mass is 485 g/mol. The zero-order valence-electron chi connectivity index (χ0n) is 20.6. The molecule has 0 radical (unpaired) electrons. The maximum Gasteiger partial charge on any atom is 0.304 e. The Morgan fingerprint density at radius 3 is 2.44 bits per heavy atom. The third-order valence-electron chi connectivity index (χ3n) is 7.61. The predicted molar refractivity (Wildman–Crippen MR) is 135 cm³/mol. The highest BCUT2D eigenvalue weighted by molar-refractivity contribution is 7.87. The standard InChI is InChI=1S/C25H35N5O3S/c1-16-6-7-19(14-17(16)2)22-9-8-21(23(27-22)30-13-10-18(3)25(30,4)5)24(31)28-34(32,33)29-12-11-20(26)15-29/h6-9,14,18,20H,10-13,15,26H2,1-5H3,(H,28,31)/t18?,20-/m0/s1. The summed E-state index contributed by atoms with van der Waals surface area (Å²) in [4.78, 5) is 20.4. The SMILES string of the molecule is Cc1ccc(-c2ccc(C(=O)NS(=O)(=O)N3CC[C@H](N)C3)c(N3CCC(C)C3(C)C)n2)cc1C. The normalized spacial score (nSPS) is 22.8. The second-order valence-corrected chi connectivity index (χ2v) is 11.9. The van der Waals surface area contributed by atoms with Gasteiger partial charge < -0.3 is 10.6 Å². The highest BCUT2D eigenvalue weighted by atomic mass is 32.2. The fourth-order valence-electron chi connectivity index (χ4n) is 4.71. The van der Waals surface area contributed by atoms with Crippen LogP contribution in [0.5, 0.6) is 0 Å². The van der Waals surface area contributed by atoms with Crippen molar-refractivity contribution in [3.63, 3.8) is 0 Å². The van der Waals surface area contributed by atoms with Crippen LogP contribution in [0.3, 0.4) is 0 Å². The fourth-order valence-corrected chi connectivity index (χ4v) is 5.92. The minimum atomic E-state index is -3.99. The molecule has 1 aromatic carbocycles. The predicted octanol–water partition coefficient (Wildman–Crippen LogP) is 3.00. The maximum atomic E-state index is 13.3. The summed E-state index contributed by atoms with van der Waals surface area (Å²) >= 11 is 0. The highest BCUT2D eigenvalue weighted by Gasteiger charge is 2.41. The van der Waals surface area contributed by atoms with Crippen LogP contribution in [0.15, 0.2) is 30.3 Å². The number of nitrogens with two attached hydrogens (primary N) is 1. The van der Waals surface area contributed by atoms with Gasteiger partial charge in [-0.1, -0.05) is 19.1 Å². The van der Waals surface area contributed by atoms with Gasteiger partial charge in [-0.3, -0.25) is 4.79 Å². The van der Waals surface area contributed by atoms with Crippen LogP contribution < -0.4 is 15.4 Å². The molecule has 0 spiro atoms. The molecule has 1 amide bonds. The highest BCUT2D eigenvalue weighted by Crippen LogP contribution is 2.39. The van der Waals surface area contributed by atoms with Crippen molar-refractivity contribution in [1.29, 1.82) is 0 Å². The number of nitrogens with one attached hydrogen (secondary N) is 1. The van der Waals surface area contributed by atoms with E-state index in [9.17, 15) is 13.2 Å². The van der Waals surface area contributed by atoms with Crippen LogP contribution in [0.2, 0.25) is 0 Å². The lowest BCUT2D eigenvalue weighted by Crippen LogP contribution is -2.45. The fraction of sp³-hybridized carbons (Fsp3) is 0.520. The summed E-state index contributed by atoms with van der Waals surface area (Å²) in [5.74, 6) is 0.228. The van der Waals surface area contributed by atoms with E-state index in [1.165, 1.54) is 9.87 Å². The van der Waals surface area contributed by atoms with Crippen molar-refractivity contribution in [3.8, 4) is 11.3 Å². The van der Waals surface area contributed by atoms with E-state index in [1.807, 2.05) is 6.07 Å². The molecule has 1 aromatic heterocycles. The Morgan fingerprint density at radius 1 is 1.12 bits per heavy atom. The molecule has 0 aliphatic carbocycles. The first-order valence-electron chi connectivity index (χ1n) is 11.8. The molecular weight excluding hydrogens is 450 g/mol. The Morgan fingerprint density at radius 2 is 1.85 bits per heavy atom. The van der Waals surface area contributed by atoms with Crippen LogP contribution in [0, 0.1) is 19.8 Å². The van der Waals surface area contributed by atoms with E-state index in [0.717, 1.165) is 29.8 Å². The molecule has 8 nitrogen and oxygen atoms in total. The number of carbonyl (C=O) groups is 1. The first-order chi connectivity index (χ1) is 15.9. The molecule has 3 N–H and O–H groups in total. The topological polar surface area (TPSA) is 109 Å². The number of aryl methyl sites for hydroxylation is 2. The Balaban J connectivity index is 1.74.